The maximum atomic E-state index is 10.5. The molecule has 7 nitrogen and oxygen atoms in total. The van der Waals surface area contributed by atoms with E-state index in [0.717, 1.165) is 50.1 Å². The molecule has 1 saturated carbocycles. The summed E-state index contributed by atoms with van der Waals surface area (Å²) < 4.78 is 10.9. The average molecular weight is 407 g/mol. The van der Waals surface area contributed by atoms with Crippen molar-refractivity contribution in [3.8, 4) is 5.75 Å². The van der Waals surface area contributed by atoms with Gasteiger partial charge in [-0.05, 0) is 51.3 Å². The van der Waals surface area contributed by atoms with E-state index in [0.29, 0.717) is 12.6 Å². The van der Waals surface area contributed by atoms with Crippen molar-refractivity contribution in [2.75, 3.05) is 46.4 Å². The highest BCUT2D eigenvalue weighted by atomic mass is 16.5. The van der Waals surface area contributed by atoms with E-state index >= 15 is 0 Å². The van der Waals surface area contributed by atoms with Gasteiger partial charge in [-0.15, -0.1) is 0 Å². The number of aliphatic hydroxyl groups excluding tert-OH is 1. The number of ether oxygens (including phenoxy) is 2. The van der Waals surface area contributed by atoms with Crippen LogP contribution in [0.1, 0.15) is 45.3 Å². The molecule has 1 aromatic carbocycles. The Hall–Kier alpha value is -1.83. The van der Waals surface area contributed by atoms with Crippen LogP contribution in [0.4, 0.5) is 0 Å². The van der Waals surface area contributed by atoms with Crippen LogP contribution in [0.2, 0.25) is 0 Å². The Morgan fingerprint density at radius 3 is 2.52 bits per heavy atom. The molecule has 1 atom stereocenters. The number of aliphatic imine (C=N–C) groups is 1. The Labute approximate surface area is 175 Å². The van der Waals surface area contributed by atoms with Crippen molar-refractivity contribution in [2.24, 2.45) is 4.99 Å². The molecule has 2 rings (SSSR count). The van der Waals surface area contributed by atoms with E-state index in [1.807, 2.05) is 45.0 Å². The molecule has 1 aliphatic rings. The Morgan fingerprint density at radius 2 is 1.93 bits per heavy atom. The van der Waals surface area contributed by atoms with Gasteiger partial charge in [0.05, 0.1) is 25.4 Å². The first-order valence-corrected chi connectivity index (χ1v) is 10.7. The molecule has 1 unspecified atom stereocenters. The molecular weight excluding hydrogens is 368 g/mol. The van der Waals surface area contributed by atoms with E-state index in [9.17, 15) is 5.11 Å². The summed E-state index contributed by atoms with van der Waals surface area (Å²) >= 11 is 0. The highest BCUT2D eigenvalue weighted by Crippen LogP contribution is 2.26. The molecule has 164 valence electrons. The average Bonchev–Trinajstić information content (AvgIpc) is 3.53. The summed E-state index contributed by atoms with van der Waals surface area (Å²) in [5, 5.41) is 17.1. The summed E-state index contributed by atoms with van der Waals surface area (Å²) in [6.07, 6.45) is 2.05. The number of guanidine groups is 1. The fraction of sp³-hybridized carbons (Fsp3) is 0.682. The van der Waals surface area contributed by atoms with Gasteiger partial charge in [0.2, 0.25) is 0 Å². The molecule has 0 aliphatic heterocycles. The molecule has 0 bridgehead atoms. The zero-order chi connectivity index (χ0) is 21.1. The quantitative estimate of drug-likeness (QED) is 0.344. The van der Waals surface area contributed by atoms with Crippen LogP contribution >= 0.6 is 0 Å². The number of nitrogens with zero attached hydrogens (tertiary/aromatic N) is 2. The summed E-state index contributed by atoms with van der Waals surface area (Å²) in [6.45, 7) is 10.6. The molecule has 0 amide bonds. The molecule has 0 saturated heterocycles. The van der Waals surface area contributed by atoms with Crippen molar-refractivity contribution in [1.29, 1.82) is 0 Å². The number of methoxy groups -OCH3 is 1. The van der Waals surface area contributed by atoms with Gasteiger partial charge in [0.25, 0.3) is 0 Å². The van der Waals surface area contributed by atoms with E-state index in [1.54, 1.807) is 7.11 Å². The van der Waals surface area contributed by atoms with E-state index < -0.39 is 6.10 Å². The molecule has 29 heavy (non-hydrogen) atoms. The summed E-state index contributed by atoms with van der Waals surface area (Å²) in [6, 6.07) is 8.26. The van der Waals surface area contributed by atoms with Crippen molar-refractivity contribution in [3.05, 3.63) is 29.8 Å². The van der Waals surface area contributed by atoms with Crippen LogP contribution < -0.4 is 15.4 Å². The van der Waals surface area contributed by atoms with Crippen LogP contribution in [0.25, 0.3) is 0 Å². The Morgan fingerprint density at radius 1 is 1.21 bits per heavy atom. The van der Waals surface area contributed by atoms with Crippen molar-refractivity contribution >= 4 is 5.96 Å². The minimum atomic E-state index is -0.650. The second-order valence-corrected chi connectivity index (χ2v) is 7.66. The van der Waals surface area contributed by atoms with Crippen LogP contribution in [0.5, 0.6) is 5.75 Å². The lowest BCUT2D eigenvalue weighted by molar-refractivity contribution is 0.144. The number of hydrogen-bond donors (Lipinski definition) is 3. The van der Waals surface area contributed by atoms with Crippen LogP contribution in [0, 0.1) is 0 Å². The van der Waals surface area contributed by atoms with E-state index in [2.05, 4.69) is 20.5 Å². The molecule has 1 fully saturated rings. The van der Waals surface area contributed by atoms with Gasteiger partial charge in [-0.1, -0.05) is 12.1 Å². The lowest BCUT2D eigenvalue weighted by Gasteiger charge is -2.22. The van der Waals surface area contributed by atoms with Crippen molar-refractivity contribution in [3.63, 3.8) is 0 Å². The van der Waals surface area contributed by atoms with Gasteiger partial charge in [0.1, 0.15) is 5.75 Å². The maximum absolute atomic E-state index is 10.5. The van der Waals surface area contributed by atoms with Gasteiger partial charge in [-0.25, -0.2) is 0 Å². The highest BCUT2D eigenvalue weighted by Gasteiger charge is 2.28. The SMILES string of the molecule is CCNC(=NCC(O)c1ccc(OC(C)C)cc1)NCCN(CCOC)C1CC1. The Balaban J connectivity index is 1.82. The second-order valence-electron chi connectivity index (χ2n) is 7.66. The lowest BCUT2D eigenvalue weighted by atomic mass is 10.1. The van der Waals surface area contributed by atoms with Crippen molar-refractivity contribution in [2.45, 2.75) is 51.9 Å². The standard InChI is InChI=1S/C22H38N4O3/c1-5-23-22(24-12-13-26(14-15-28-4)19-8-9-19)25-16-21(27)18-6-10-20(11-7-18)29-17(2)3/h6-7,10-11,17,19,21,27H,5,8-9,12-16H2,1-4H3,(H2,23,24,25). The minimum absolute atomic E-state index is 0.134. The number of nitrogens with one attached hydrogen (secondary N) is 2. The lowest BCUT2D eigenvalue weighted by Crippen LogP contribution is -2.43. The number of benzene rings is 1. The van der Waals surface area contributed by atoms with Gasteiger partial charge >= 0.3 is 0 Å². The van der Waals surface area contributed by atoms with Gasteiger partial charge in [-0.3, -0.25) is 9.89 Å². The molecule has 3 N–H and O–H groups in total. The Kier molecular flexibility index (Phi) is 10.2. The third kappa shape index (κ3) is 9.02. The van der Waals surface area contributed by atoms with E-state index in [1.165, 1.54) is 12.8 Å². The maximum Gasteiger partial charge on any atom is 0.191 e. The molecule has 0 radical (unpaired) electrons. The molecule has 0 heterocycles. The topological polar surface area (TPSA) is 78.4 Å². The molecule has 0 aromatic heterocycles. The largest absolute Gasteiger partial charge is 0.491 e. The second kappa shape index (κ2) is 12.7. The third-order valence-corrected chi connectivity index (χ3v) is 4.74. The van der Waals surface area contributed by atoms with Crippen molar-refractivity contribution in [1.82, 2.24) is 15.5 Å². The number of rotatable bonds is 13. The zero-order valence-electron chi connectivity index (χ0n) is 18.4. The summed E-state index contributed by atoms with van der Waals surface area (Å²) in [5.74, 6) is 1.54. The predicted octanol–water partition coefficient (Wildman–Crippen LogP) is 2.17. The first-order chi connectivity index (χ1) is 14.0. The highest BCUT2D eigenvalue weighted by molar-refractivity contribution is 5.79. The number of hydrogen-bond acceptors (Lipinski definition) is 5. The van der Waals surface area contributed by atoms with Gasteiger partial charge in [0.15, 0.2) is 5.96 Å². The molecule has 7 heteroatoms. The summed E-state index contributed by atoms with van der Waals surface area (Å²) in [4.78, 5) is 7.02. The first kappa shape index (κ1) is 23.4. The first-order valence-electron chi connectivity index (χ1n) is 10.7. The Bertz CT molecular complexity index is 603. The van der Waals surface area contributed by atoms with Crippen LogP contribution in [-0.4, -0.2) is 74.6 Å². The third-order valence-electron chi connectivity index (χ3n) is 4.74. The molecule has 1 aromatic rings. The van der Waals surface area contributed by atoms with Gasteiger partial charge in [0, 0.05) is 39.3 Å². The van der Waals surface area contributed by atoms with Crippen molar-refractivity contribution < 1.29 is 14.6 Å². The zero-order valence-corrected chi connectivity index (χ0v) is 18.4. The van der Waals surface area contributed by atoms with Crippen LogP contribution in [0.3, 0.4) is 0 Å². The summed E-state index contributed by atoms with van der Waals surface area (Å²) in [7, 11) is 1.75. The molecular formula is C22H38N4O3. The minimum Gasteiger partial charge on any atom is -0.491 e. The van der Waals surface area contributed by atoms with Gasteiger partial charge in [-0.2, -0.15) is 0 Å². The molecule has 1 aliphatic carbocycles. The molecule has 0 spiro atoms. The smallest absolute Gasteiger partial charge is 0.191 e. The van der Waals surface area contributed by atoms with E-state index in [-0.39, 0.29) is 6.10 Å². The normalized spacial score (nSPS) is 15.6. The number of aliphatic hydroxyl groups is 1. The van der Waals surface area contributed by atoms with Crippen LogP contribution in [-0.2, 0) is 4.74 Å². The van der Waals surface area contributed by atoms with Gasteiger partial charge < -0.3 is 25.2 Å². The summed E-state index contributed by atoms with van der Waals surface area (Å²) in [5.41, 5.74) is 0.833. The monoisotopic (exact) mass is 406 g/mol. The predicted molar refractivity (Wildman–Crippen MR) is 118 cm³/mol. The van der Waals surface area contributed by atoms with Crippen LogP contribution in [0.15, 0.2) is 29.3 Å². The fourth-order valence-corrected chi connectivity index (χ4v) is 3.11. The fourth-order valence-electron chi connectivity index (χ4n) is 3.11. The van der Waals surface area contributed by atoms with E-state index in [4.69, 9.17) is 9.47 Å².